The van der Waals surface area contributed by atoms with Crippen molar-refractivity contribution in [1.29, 1.82) is 5.26 Å². The lowest BCUT2D eigenvalue weighted by Crippen LogP contribution is -1.93. The van der Waals surface area contributed by atoms with Crippen LogP contribution in [0, 0.1) is 25.2 Å². The molecule has 11 nitrogen and oxygen atoms in total. The van der Waals surface area contributed by atoms with E-state index in [1.807, 2.05) is 6.07 Å². The molecule has 12 heteroatoms. The van der Waals surface area contributed by atoms with Crippen LogP contribution in [0.25, 0.3) is 11.6 Å². The number of aromatic nitrogens is 8. The van der Waals surface area contributed by atoms with Crippen LogP contribution in [0.1, 0.15) is 23.0 Å². The second-order valence-electron chi connectivity index (χ2n) is 5.46. The monoisotopic (exact) mass is 387 g/mol. The molecule has 0 saturated carbocycles. The summed E-state index contributed by atoms with van der Waals surface area (Å²) in [6, 6.07) is 4.93. The minimum absolute atomic E-state index is 0.0198. The fraction of sp³-hybridized carbons (Fsp3) is 0.267. The maximum atomic E-state index is 9.47. The Hall–Kier alpha value is -3.52. The van der Waals surface area contributed by atoms with E-state index in [9.17, 15) is 10.2 Å². The molecule has 0 aromatic carbocycles. The zero-order valence-electron chi connectivity index (χ0n) is 14.4. The summed E-state index contributed by atoms with van der Waals surface area (Å²) in [5, 5.41) is 35.2. The third-order valence-electron chi connectivity index (χ3n) is 3.29. The van der Waals surface area contributed by atoms with E-state index >= 15 is 0 Å². The zero-order chi connectivity index (χ0) is 19.6. The second kappa shape index (κ2) is 7.38. The molecule has 0 aliphatic carbocycles. The van der Waals surface area contributed by atoms with E-state index in [4.69, 9.17) is 16.9 Å². The number of fused-ring (bicyclic) bond motifs is 2. The van der Waals surface area contributed by atoms with Crippen molar-refractivity contribution in [3.05, 3.63) is 35.2 Å². The number of alkyl halides is 1. The molecule has 0 bridgehead atoms. The van der Waals surface area contributed by atoms with Crippen molar-refractivity contribution in [2.24, 2.45) is 0 Å². The van der Waals surface area contributed by atoms with Crippen LogP contribution in [-0.4, -0.2) is 49.4 Å². The van der Waals surface area contributed by atoms with Crippen molar-refractivity contribution >= 4 is 23.2 Å². The van der Waals surface area contributed by atoms with Crippen molar-refractivity contribution in [1.82, 2.24) is 39.2 Å². The van der Waals surface area contributed by atoms with Crippen LogP contribution >= 0.6 is 11.6 Å². The summed E-state index contributed by atoms with van der Waals surface area (Å²) in [7, 11) is 0. The minimum Gasteiger partial charge on any atom is -0.493 e. The minimum atomic E-state index is -0.0239. The Bertz CT molecular complexity index is 1160. The quantitative estimate of drug-likeness (QED) is 0.481. The summed E-state index contributed by atoms with van der Waals surface area (Å²) in [6.07, 6.45) is 0.113. The number of aryl methyl sites for hydroxylation is 2. The van der Waals surface area contributed by atoms with Crippen molar-refractivity contribution in [2.45, 2.75) is 26.1 Å². The number of nitrogens with zero attached hydrogens (tertiary/aromatic N) is 9. The van der Waals surface area contributed by atoms with Crippen molar-refractivity contribution in [3.8, 4) is 17.8 Å². The predicted octanol–water partition coefficient (Wildman–Crippen LogP) is 1.08. The molecule has 0 aliphatic heterocycles. The van der Waals surface area contributed by atoms with Gasteiger partial charge < -0.3 is 10.2 Å². The number of rotatable bonds is 2. The molecule has 4 aromatic heterocycles. The summed E-state index contributed by atoms with van der Waals surface area (Å²) >= 11 is 5.54. The Kier molecular flexibility index (Phi) is 5.00. The van der Waals surface area contributed by atoms with Crippen LogP contribution in [0.5, 0.6) is 11.8 Å². The molecule has 0 saturated heterocycles. The van der Waals surface area contributed by atoms with E-state index in [0.29, 0.717) is 34.6 Å². The van der Waals surface area contributed by atoms with Gasteiger partial charge in [-0.05, 0) is 13.8 Å². The summed E-state index contributed by atoms with van der Waals surface area (Å²) in [4.78, 5) is 16.1. The van der Waals surface area contributed by atoms with Gasteiger partial charge in [-0.1, -0.05) is 0 Å². The van der Waals surface area contributed by atoms with E-state index in [1.54, 1.807) is 13.8 Å². The summed E-state index contributed by atoms with van der Waals surface area (Å²) < 4.78 is 2.46. The molecular formula is C15H14ClN9O2. The maximum Gasteiger partial charge on any atom is 0.255 e. The molecule has 0 unspecified atom stereocenters. The second-order valence-corrected chi connectivity index (χ2v) is 5.73. The first-order valence-electron chi connectivity index (χ1n) is 7.68. The number of hydrogen-bond acceptors (Lipinski definition) is 9. The van der Waals surface area contributed by atoms with Crippen LogP contribution < -0.4 is 0 Å². The third-order valence-corrected chi connectivity index (χ3v) is 3.53. The SMILES string of the molecule is Cc1cc(O)n2nc(CC#N)nc2n1.Cc1cc(O)n2nc(CCl)nc2n1. The van der Waals surface area contributed by atoms with Gasteiger partial charge >= 0.3 is 0 Å². The van der Waals surface area contributed by atoms with Crippen molar-refractivity contribution in [3.63, 3.8) is 0 Å². The molecule has 4 rings (SSSR count). The van der Waals surface area contributed by atoms with Crippen LogP contribution in [0.3, 0.4) is 0 Å². The highest BCUT2D eigenvalue weighted by Crippen LogP contribution is 2.12. The lowest BCUT2D eigenvalue weighted by Gasteiger charge is -1.95. The van der Waals surface area contributed by atoms with Gasteiger partial charge in [0, 0.05) is 23.5 Å². The number of halogens is 1. The van der Waals surface area contributed by atoms with E-state index in [0.717, 1.165) is 0 Å². The Morgan fingerprint density at radius 1 is 0.926 bits per heavy atom. The van der Waals surface area contributed by atoms with Crippen LogP contribution in [0.15, 0.2) is 12.1 Å². The van der Waals surface area contributed by atoms with Gasteiger partial charge in [-0.3, -0.25) is 0 Å². The average Bonchev–Trinajstić information content (AvgIpc) is 3.19. The molecule has 4 aromatic rings. The highest BCUT2D eigenvalue weighted by molar-refractivity contribution is 6.16. The highest BCUT2D eigenvalue weighted by Gasteiger charge is 2.08. The Balaban J connectivity index is 0.000000156. The molecule has 2 N–H and O–H groups in total. The molecule has 138 valence electrons. The van der Waals surface area contributed by atoms with Gasteiger partial charge in [0.15, 0.2) is 11.6 Å². The van der Waals surface area contributed by atoms with Gasteiger partial charge in [0.05, 0.1) is 18.4 Å². The standard InChI is InChI=1S/C8H7N5O.C7H7ClN4O/c1-5-4-7(14)13-8(10-5)11-6(12-13)2-3-9;1-4-2-6(13)12-7(9-4)10-5(3-8)11-12/h4,14H,2H2,1H3;2,13H,3H2,1H3. The van der Waals surface area contributed by atoms with Gasteiger partial charge in [0.2, 0.25) is 11.8 Å². The summed E-state index contributed by atoms with van der Waals surface area (Å²) in [5.41, 5.74) is 1.35. The number of nitriles is 1. The van der Waals surface area contributed by atoms with Crippen LogP contribution in [0.2, 0.25) is 0 Å². The molecule has 27 heavy (non-hydrogen) atoms. The Morgan fingerprint density at radius 2 is 1.41 bits per heavy atom. The molecule has 0 radical (unpaired) electrons. The normalized spacial score (nSPS) is 10.6. The molecule has 0 amide bonds. The molecule has 0 aliphatic rings. The maximum absolute atomic E-state index is 9.47. The fourth-order valence-corrected chi connectivity index (χ4v) is 2.33. The lowest BCUT2D eigenvalue weighted by atomic mass is 10.4. The molecule has 0 spiro atoms. The molecule has 0 fully saturated rings. The lowest BCUT2D eigenvalue weighted by molar-refractivity contribution is 0.433. The Labute approximate surface area is 157 Å². The van der Waals surface area contributed by atoms with Crippen molar-refractivity contribution < 1.29 is 10.2 Å². The first-order valence-corrected chi connectivity index (χ1v) is 8.22. The molecule has 4 heterocycles. The van der Waals surface area contributed by atoms with E-state index in [-0.39, 0.29) is 24.1 Å². The largest absolute Gasteiger partial charge is 0.493 e. The van der Waals surface area contributed by atoms with E-state index < -0.39 is 0 Å². The number of aromatic hydroxyl groups is 2. The smallest absolute Gasteiger partial charge is 0.255 e. The van der Waals surface area contributed by atoms with E-state index in [1.165, 1.54) is 21.2 Å². The first kappa shape index (κ1) is 18.3. The third kappa shape index (κ3) is 3.85. The predicted molar refractivity (Wildman–Crippen MR) is 93.2 cm³/mol. The summed E-state index contributed by atoms with van der Waals surface area (Å²) in [6.45, 7) is 3.52. The van der Waals surface area contributed by atoms with Gasteiger partial charge in [-0.15, -0.1) is 21.8 Å². The van der Waals surface area contributed by atoms with Crippen LogP contribution in [-0.2, 0) is 12.3 Å². The average molecular weight is 388 g/mol. The van der Waals surface area contributed by atoms with Crippen LogP contribution in [0.4, 0.5) is 0 Å². The zero-order valence-corrected chi connectivity index (χ0v) is 15.1. The van der Waals surface area contributed by atoms with Gasteiger partial charge in [-0.25, -0.2) is 9.97 Å². The highest BCUT2D eigenvalue weighted by atomic mass is 35.5. The topological polar surface area (TPSA) is 150 Å². The van der Waals surface area contributed by atoms with E-state index in [2.05, 4.69) is 30.1 Å². The molecular weight excluding hydrogens is 374 g/mol. The fourth-order valence-electron chi connectivity index (χ4n) is 2.22. The van der Waals surface area contributed by atoms with Gasteiger partial charge in [0.1, 0.15) is 0 Å². The Morgan fingerprint density at radius 3 is 1.89 bits per heavy atom. The number of hydrogen-bond donors (Lipinski definition) is 2. The van der Waals surface area contributed by atoms with Crippen molar-refractivity contribution in [2.75, 3.05) is 0 Å². The first-order chi connectivity index (χ1) is 12.9. The van der Waals surface area contributed by atoms with Gasteiger partial charge in [0.25, 0.3) is 11.6 Å². The molecule has 0 atom stereocenters. The summed E-state index contributed by atoms with van der Waals surface area (Å²) in [5.74, 6) is 1.70. The van der Waals surface area contributed by atoms with Gasteiger partial charge in [-0.2, -0.15) is 24.3 Å².